The Kier molecular flexibility index (Phi) is 6.06. The number of amides is 1. The van der Waals surface area contributed by atoms with E-state index in [-0.39, 0.29) is 11.7 Å². The summed E-state index contributed by atoms with van der Waals surface area (Å²) in [6, 6.07) is 11.6. The van der Waals surface area contributed by atoms with Gasteiger partial charge in [0.1, 0.15) is 11.6 Å². The molecular formula is C21H21FNO4-. The number of hydrogen-bond acceptors (Lipinski definition) is 4. The lowest BCUT2D eigenvalue weighted by Crippen LogP contribution is -2.34. The van der Waals surface area contributed by atoms with Crippen molar-refractivity contribution in [3.05, 3.63) is 65.5 Å². The van der Waals surface area contributed by atoms with E-state index in [9.17, 15) is 19.1 Å². The molecule has 0 spiro atoms. The highest BCUT2D eigenvalue weighted by atomic mass is 19.1. The summed E-state index contributed by atoms with van der Waals surface area (Å²) in [5.41, 5.74) is 0.449. The quantitative estimate of drug-likeness (QED) is 0.813. The minimum atomic E-state index is -1.31. The zero-order chi connectivity index (χ0) is 19.2. The largest absolute Gasteiger partial charge is 0.550 e. The highest BCUT2D eigenvalue weighted by Gasteiger charge is 2.20. The van der Waals surface area contributed by atoms with Crippen LogP contribution >= 0.6 is 0 Å². The molecule has 0 bridgehead atoms. The fraction of sp³-hybridized carbons (Fsp3) is 0.333. The highest BCUT2D eigenvalue weighted by molar-refractivity contribution is 5.94. The Balaban J connectivity index is 1.72. The van der Waals surface area contributed by atoms with Crippen LogP contribution in [0.15, 0.2) is 48.5 Å². The van der Waals surface area contributed by atoms with Crippen LogP contribution in [-0.4, -0.2) is 18.0 Å². The molecule has 0 unspecified atom stereocenters. The molecule has 6 heteroatoms. The molecule has 1 amide bonds. The van der Waals surface area contributed by atoms with Crippen LogP contribution in [0.25, 0.3) is 0 Å². The normalized spacial score (nSPS) is 15.3. The maximum absolute atomic E-state index is 13.8. The van der Waals surface area contributed by atoms with Crippen molar-refractivity contribution >= 4 is 11.9 Å². The van der Waals surface area contributed by atoms with E-state index in [0.717, 1.165) is 12.8 Å². The minimum absolute atomic E-state index is 0.137. The van der Waals surface area contributed by atoms with Crippen molar-refractivity contribution < 1.29 is 23.8 Å². The van der Waals surface area contributed by atoms with Crippen LogP contribution in [0.3, 0.4) is 0 Å². The second kappa shape index (κ2) is 8.66. The first-order valence-corrected chi connectivity index (χ1v) is 9.05. The van der Waals surface area contributed by atoms with E-state index < -0.39 is 30.2 Å². The molecule has 1 aliphatic rings. The number of ether oxygens (including phenoxy) is 1. The first-order valence-electron chi connectivity index (χ1n) is 9.05. The zero-order valence-electron chi connectivity index (χ0n) is 14.8. The van der Waals surface area contributed by atoms with Crippen molar-refractivity contribution in [3.8, 4) is 5.75 Å². The van der Waals surface area contributed by atoms with E-state index in [1.165, 1.54) is 31.0 Å². The molecule has 1 aliphatic carbocycles. The number of nitrogens with one attached hydrogen (secondary N) is 1. The molecule has 1 atom stereocenters. The second-order valence-corrected chi connectivity index (χ2v) is 6.68. The molecule has 0 saturated heterocycles. The molecule has 2 aromatic carbocycles. The maximum Gasteiger partial charge on any atom is 0.254 e. The molecule has 1 fully saturated rings. The second-order valence-electron chi connectivity index (χ2n) is 6.68. The third kappa shape index (κ3) is 5.06. The highest BCUT2D eigenvalue weighted by Crippen LogP contribution is 2.26. The molecule has 27 heavy (non-hydrogen) atoms. The van der Waals surface area contributed by atoms with E-state index in [4.69, 9.17) is 4.74 Å². The summed E-state index contributed by atoms with van der Waals surface area (Å²) in [4.78, 5) is 23.4. The summed E-state index contributed by atoms with van der Waals surface area (Å²) >= 11 is 0. The van der Waals surface area contributed by atoms with Crippen LogP contribution in [0.5, 0.6) is 5.75 Å². The van der Waals surface area contributed by atoms with Crippen molar-refractivity contribution in [2.45, 2.75) is 44.2 Å². The summed E-state index contributed by atoms with van der Waals surface area (Å²) in [6.07, 6.45) is 4.21. The lowest BCUT2D eigenvalue weighted by Gasteiger charge is -2.21. The smallest absolute Gasteiger partial charge is 0.254 e. The summed E-state index contributed by atoms with van der Waals surface area (Å²) in [5, 5.41) is 13.7. The summed E-state index contributed by atoms with van der Waals surface area (Å²) in [5.74, 6) is -1.94. The van der Waals surface area contributed by atoms with Crippen LogP contribution in [0.1, 0.15) is 54.1 Å². The van der Waals surface area contributed by atoms with Crippen molar-refractivity contribution in [2.24, 2.45) is 0 Å². The van der Waals surface area contributed by atoms with Crippen molar-refractivity contribution in [1.82, 2.24) is 5.32 Å². The number of hydrogen-bond donors (Lipinski definition) is 1. The van der Waals surface area contributed by atoms with Crippen molar-refractivity contribution in [3.63, 3.8) is 0 Å². The van der Waals surface area contributed by atoms with Gasteiger partial charge in [0.2, 0.25) is 0 Å². The van der Waals surface area contributed by atoms with Gasteiger partial charge >= 0.3 is 0 Å². The third-order valence-electron chi connectivity index (χ3n) is 4.68. The Labute approximate surface area is 157 Å². The van der Waals surface area contributed by atoms with E-state index in [1.54, 1.807) is 30.3 Å². The molecule has 3 rings (SSSR count). The van der Waals surface area contributed by atoms with Gasteiger partial charge in [-0.05, 0) is 55.5 Å². The lowest BCUT2D eigenvalue weighted by atomic mass is 10.0. The van der Waals surface area contributed by atoms with E-state index >= 15 is 0 Å². The zero-order valence-corrected chi connectivity index (χ0v) is 14.8. The van der Waals surface area contributed by atoms with Gasteiger partial charge in [0.05, 0.1) is 17.7 Å². The number of rotatable bonds is 7. The van der Waals surface area contributed by atoms with Gasteiger partial charge in [-0.1, -0.05) is 24.3 Å². The van der Waals surface area contributed by atoms with Gasteiger partial charge in [-0.15, -0.1) is 0 Å². The first-order chi connectivity index (χ1) is 13.0. The van der Waals surface area contributed by atoms with Gasteiger partial charge in [-0.3, -0.25) is 4.79 Å². The number of carbonyl (C=O) groups excluding carboxylic acids is 2. The van der Waals surface area contributed by atoms with Crippen molar-refractivity contribution in [1.29, 1.82) is 0 Å². The predicted octanol–water partition coefficient (Wildman–Crippen LogP) is 2.76. The lowest BCUT2D eigenvalue weighted by molar-refractivity contribution is -0.306. The van der Waals surface area contributed by atoms with Gasteiger partial charge in [0.15, 0.2) is 0 Å². The van der Waals surface area contributed by atoms with Gasteiger partial charge in [0.25, 0.3) is 5.91 Å². The molecule has 2 aromatic rings. The summed E-state index contributed by atoms with van der Waals surface area (Å²) in [6.45, 7) is 0. The molecule has 0 radical (unpaired) electrons. The first kappa shape index (κ1) is 18.9. The SMILES string of the molecule is O=C([O-])C[C@H](NC(=O)c1ccccc1F)c1ccc(OC2CCCC2)cc1. The topological polar surface area (TPSA) is 78.5 Å². The van der Waals surface area contributed by atoms with Crippen LogP contribution in [0.4, 0.5) is 4.39 Å². The molecule has 5 nitrogen and oxygen atoms in total. The van der Waals surface area contributed by atoms with Gasteiger partial charge in [-0.25, -0.2) is 4.39 Å². The minimum Gasteiger partial charge on any atom is -0.550 e. The molecular weight excluding hydrogens is 349 g/mol. The number of carbonyl (C=O) groups is 2. The fourth-order valence-electron chi connectivity index (χ4n) is 3.28. The van der Waals surface area contributed by atoms with E-state index in [1.807, 2.05) is 0 Å². The predicted molar refractivity (Wildman–Crippen MR) is 95.6 cm³/mol. The Hall–Kier alpha value is -2.89. The number of carboxylic acids is 1. The van der Waals surface area contributed by atoms with E-state index in [2.05, 4.69) is 5.32 Å². The van der Waals surface area contributed by atoms with Crippen LogP contribution < -0.4 is 15.2 Å². The molecule has 0 heterocycles. The van der Waals surface area contributed by atoms with Crippen molar-refractivity contribution in [2.75, 3.05) is 0 Å². The Morgan fingerprint density at radius 3 is 2.41 bits per heavy atom. The molecule has 1 saturated carbocycles. The Morgan fingerprint density at radius 2 is 1.78 bits per heavy atom. The number of halogens is 1. The summed E-state index contributed by atoms with van der Waals surface area (Å²) < 4.78 is 19.7. The molecule has 0 aliphatic heterocycles. The van der Waals surface area contributed by atoms with E-state index in [0.29, 0.717) is 11.3 Å². The molecule has 0 aromatic heterocycles. The monoisotopic (exact) mass is 370 g/mol. The van der Waals surface area contributed by atoms with Gasteiger partial charge in [0, 0.05) is 12.4 Å². The van der Waals surface area contributed by atoms with Crippen LogP contribution in [-0.2, 0) is 4.79 Å². The number of benzene rings is 2. The summed E-state index contributed by atoms with van der Waals surface area (Å²) in [7, 11) is 0. The third-order valence-corrected chi connectivity index (χ3v) is 4.68. The van der Waals surface area contributed by atoms with Crippen LogP contribution in [0, 0.1) is 5.82 Å². The fourth-order valence-corrected chi connectivity index (χ4v) is 3.28. The number of carboxylic acid groups (broad SMARTS) is 1. The molecule has 1 N–H and O–H groups in total. The maximum atomic E-state index is 13.8. The average Bonchev–Trinajstić information content (AvgIpc) is 3.15. The Morgan fingerprint density at radius 1 is 1.11 bits per heavy atom. The Bertz CT molecular complexity index is 800. The molecule has 142 valence electrons. The average molecular weight is 370 g/mol. The number of aliphatic carboxylic acids is 1. The van der Waals surface area contributed by atoms with Gasteiger partial charge in [-0.2, -0.15) is 0 Å². The standard InChI is InChI=1S/C21H22FNO4/c22-18-8-4-3-7-17(18)21(26)23-19(13-20(24)25)14-9-11-16(12-10-14)27-15-5-1-2-6-15/h3-4,7-12,15,19H,1-2,5-6,13H2,(H,23,26)(H,24,25)/p-1/t19-/m0/s1. The van der Waals surface area contributed by atoms with Gasteiger partial charge < -0.3 is 20.0 Å². The van der Waals surface area contributed by atoms with Crippen LogP contribution in [0.2, 0.25) is 0 Å².